The molecule has 0 aliphatic rings. The van der Waals surface area contributed by atoms with E-state index in [0.29, 0.717) is 10.3 Å². The van der Waals surface area contributed by atoms with Gasteiger partial charge in [-0.2, -0.15) is 0 Å². The number of halogens is 3. The fraction of sp³-hybridized carbons (Fsp3) is 0.556. The van der Waals surface area contributed by atoms with E-state index in [9.17, 15) is 17.2 Å². The van der Waals surface area contributed by atoms with Crippen LogP contribution in [0.25, 0.3) is 0 Å². The van der Waals surface area contributed by atoms with Crippen LogP contribution in [-0.4, -0.2) is 27.9 Å². The number of hydrogen-bond donors (Lipinski definition) is 2. The monoisotopic (exact) mass is 362 g/mol. The van der Waals surface area contributed by atoms with Gasteiger partial charge in [-0.25, -0.2) is 21.9 Å². The van der Waals surface area contributed by atoms with E-state index in [1.165, 1.54) is 17.4 Å². The maximum Gasteiger partial charge on any atom is 0.251 e. The Bertz CT molecular complexity index is 491. The zero-order valence-corrected chi connectivity index (χ0v) is 12.8. The first kappa shape index (κ1) is 16.0. The van der Waals surface area contributed by atoms with E-state index in [1.54, 1.807) is 0 Å². The van der Waals surface area contributed by atoms with Crippen LogP contribution in [0.4, 0.5) is 8.78 Å². The third-order valence-electron chi connectivity index (χ3n) is 1.97. The summed E-state index contributed by atoms with van der Waals surface area (Å²) in [4.78, 5) is 0.821. The minimum atomic E-state index is -3.88. The van der Waals surface area contributed by atoms with Gasteiger partial charge >= 0.3 is 0 Å². The fourth-order valence-electron chi connectivity index (χ4n) is 1.17. The molecular formula is C9H13BrF2N2O2S2. The molecule has 0 spiro atoms. The van der Waals surface area contributed by atoms with Crippen molar-refractivity contribution in [3.8, 4) is 0 Å². The van der Waals surface area contributed by atoms with E-state index in [-0.39, 0.29) is 4.90 Å². The highest BCUT2D eigenvalue weighted by Crippen LogP contribution is 2.31. The molecule has 0 atom stereocenters. The van der Waals surface area contributed by atoms with Gasteiger partial charge in [0.2, 0.25) is 10.0 Å². The van der Waals surface area contributed by atoms with Crippen LogP contribution in [0.3, 0.4) is 0 Å². The Kier molecular flexibility index (Phi) is 6.12. The smallest absolute Gasteiger partial charge is 0.251 e. The van der Waals surface area contributed by atoms with Gasteiger partial charge in [-0.1, -0.05) is 6.92 Å². The highest BCUT2D eigenvalue weighted by molar-refractivity contribution is 9.11. The topological polar surface area (TPSA) is 58.2 Å². The highest BCUT2D eigenvalue weighted by Gasteiger charge is 2.21. The number of thiophene rings is 1. The molecule has 104 valence electrons. The van der Waals surface area contributed by atoms with Crippen molar-refractivity contribution in [2.24, 2.45) is 0 Å². The average molecular weight is 363 g/mol. The summed E-state index contributed by atoms with van der Waals surface area (Å²) in [7, 11) is -3.88. The van der Waals surface area contributed by atoms with E-state index < -0.39 is 23.0 Å². The Labute approximate surface area is 117 Å². The van der Waals surface area contributed by atoms with Crippen LogP contribution in [-0.2, 0) is 16.6 Å². The van der Waals surface area contributed by atoms with Crippen LogP contribution >= 0.6 is 27.3 Å². The standard InChI is InChI=1S/C9H13BrF2N2O2S2/c1-2-13-4-6-3-7(9(10)17-6)18(15,16)14-5-8(11)12/h3,8,13-14H,2,4-5H2,1H3. The molecule has 1 aromatic heterocycles. The van der Waals surface area contributed by atoms with Gasteiger partial charge in [-0.15, -0.1) is 11.3 Å². The summed E-state index contributed by atoms with van der Waals surface area (Å²) in [6.45, 7) is 2.36. The summed E-state index contributed by atoms with van der Waals surface area (Å²) in [6.07, 6.45) is -2.71. The van der Waals surface area contributed by atoms with E-state index in [1.807, 2.05) is 11.6 Å². The summed E-state index contributed by atoms with van der Waals surface area (Å²) >= 11 is 4.40. The molecule has 2 N–H and O–H groups in total. The number of hydrogen-bond acceptors (Lipinski definition) is 4. The lowest BCUT2D eigenvalue weighted by Gasteiger charge is -2.04. The first-order valence-corrected chi connectivity index (χ1v) is 8.22. The molecule has 0 amide bonds. The number of rotatable bonds is 7. The highest BCUT2D eigenvalue weighted by atomic mass is 79.9. The Morgan fingerprint density at radius 2 is 2.17 bits per heavy atom. The molecule has 0 radical (unpaired) electrons. The Morgan fingerprint density at radius 3 is 2.72 bits per heavy atom. The molecule has 1 aromatic rings. The summed E-state index contributed by atoms with van der Waals surface area (Å²) in [5.74, 6) is 0. The van der Waals surface area contributed by atoms with Crippen molar-refractivity contribution in [1.82, 2.24) is 10.0 Å². The van der Waals surface area contributed by atoms with Gasteiger partial charge in [-0.3, -0.25) is 0 Å². The minimum absolute atomic E-state index is 0.000975. The van der Waals surface area contributed by atoms with Gasteiger partial charge in [0.05, 0.1) is 10.3 Å². The first-order valence-electron chi connectivity index (χ1n) is 5.13. The second-order valence-corrected chi connectivity index (χ2v) is 7.56. The van der Waals surface area contributed by atoms with Crippen molar-refractivity contribution >= 4 is 37.3 Å². The number of sulfonamides is 1. The minimum Gasteiger partial charge on any atom is -0.312 e. The van der Waals surface area contributed by atoms with Crippen LogP contribution in [0.2, 0.25) is 0 Å². The molecule has 1 rings (SSSR count). The lowest BCUT2D eigenvalue weighted by atomic mass is 10.4. The second kappa shape index (κ2) is 6.90. The van der Waals surface area contributed by atoms with Crippen molar-refractivity contribution in [3.05, 3.63) is 14.7 Å². The van der Waals surface area contributed by atoms with Crippen molar-refractivity contribution in [2.45, 2.75) is 24.8 Å². The molecule has 0 aliphatic heterocycles. The molecule has 0 aromatic carbocycles. The van der Waals surface area contributed by atoms with E-state index in [2.05, 4.69) is 21.2 Å². The van der Waals surface area contributed by atoms with E-state index >= 15 is 0 Å². The quantitative estimate of drug-likeness (QED) is 0.781. The summed E-state index contributed by atoms with van der Waals surface area (Å²) < 4.78 is 49.8. The summed E-state index contributed by atoms with van der Waals surface area (Å²) in [6, 6.07) is 1.48. The predicted octanol–water partition coefficient (Wildman–Crippen LogP) is 2.16. The zero-order valence-electron chi connectivity index (χ0n) is 9.54. The molecule has 0 bridgehead atoms. The Hall–Kier alpha value is -0.0900. The van der Waals surface area contributed by atoms with Gasteiger partial charge in [0, 0.05) is 11.4 Å². The Balaban J connectivity index is 2.84. The lowest BCUT2D eigenvalue weighted by Crippen LogP contribution is -2.28. The second-order valence-electron chi connectivity index (χ2n) is 3.37. The number of nitrogens with one attached hydrogen (secondary N) is 2. The predicted molar refractivity (Wildman–Crippen MR) is 70.6 cm³/mol. The zero-order chi connectivity index (χ0) is 13.8. The first-order chi connectivity index (χ1) is 8.36. The van der Waals surface area contributed by atoms with Crippen molar-refractivity contribution in [3.63, 3.8) is 0 Å². The molecule has 0 saturated heterocycles. The largest absolute Gasteiger partial charge is 0.312 e. The summed E-state index contributed by atoms with van der Waals surface area (Å²) in [5.41, 5.74) is 0. The third-order valence-corrected chi connectivity index (χ3v) is 5.65. The van der Waals surface area contributed by atoms with Gasteiger partial charge in [0.25, 0.3) is 6.43 Å². The van der Waals surface area contributed by atoms with Gasteiger partial charge in [0.15, 0.2) is 0 Å². The van der Waals surface area contributed by atoms with E-state index in [4.69, 9.17) is 0 Å². The van der Waals surface area contributed by atoms with Crippen LogP contribution in [0.5, 0.6) is 0 Å². The Morgan fingerprint density at radius 1 is 1.50 bits per heavy atom. The maximum absolute atomic E-state index is 12.0. The molecule has 9 heteroatoms. The van der Waals surface area contributed by atoms with Gasteiger partial charge < -0.3 is 5.32 Å². The molecular weight excluding hydrogens is 350 g/mol. The molecule has 0 saturated carbocycles. The van der Waals surface area contributed by atoms with Gasteiger partial charge in [0.1, 0.15) is 4.90 Å². The fourth-order valence-corrected chi connectivity index (χ4v) is 4.82. The SMILES string of the molecule is CCNCc1cc(S(=O)(=O)NCC(F)F)c(Br)s1. The van der Waals surface area contributed by atoms with Crippen molar-refractivity contribution in [2.75, 3.05) is 13.1 Å². The molecule has 0 unspecified atom stereocenters. The lowest BCUT2D eigenvalue weighted by molar-refractivity contribution is 0.153. The number of alkyl halides is 2. The van der Waals surface area contributed by atoms with Crippen LogP contribution in [0, 0.1) is 0 Å². The third kappa shape index (κ3) is 4.54. The molecule has 4 nitrogen and oxygen atoms in total. The van der Waals surface area contributed by atoms with Crippen LogP contribution in [0.1, 0.15) is 11.8 Å². The summed E-state index contributed by atoms with van der Waals surface area (Å²) in [5, 5.41) is 3.06. The molecule has 0 aliphatic carbocycles. The van der Waals surface area contributed by atoms with Crippen molar-refractivity contribution < 1.29 is 17.2 Å². The normalized spacial score (nSPS) is 12.3. The maximum atomic E-state index is 12.0. The van der Waals surface area contributed by atoms with Crippen LogP contribution < -0.4 is 10.0 Å². The van der Waals surface area contributed by atoms with Crippen LogP contribution in [0.15, 0.2) is 14.7 Å². The van der Waals surface area contributed by atoms with Crippen molar-refractivity contribution in [1.29, 1.82) is 0 Å². The van der Waals surface area contributed by atoms with E-state index in [0.717, 1.165) is 11.4 Å². The molecule has 1 heterocycles. The molecule has 18 heavy (non-hydrogen) atoms. The average Bonchev–Trinajstić information content (AvgIpc) is 2.66. The molecule has 0 fully saturated rings. The van der Waals surface area contributed by atoms with Gasteiger partial charge in [-0.05, 0) is 28.5 Å².